The van der Waals surface area contributed by atoms with E-state index in [0.29, 0.717) is 17.4 Å². The Morgan fingerprint density at radius 1 is 1.03 bits per heavy atom. The number of benzene rings is 1. The SMILES string of the molecule is Cc1ccc2nc(CSc3nnc(-c4ccc(C(C)(C)C)cc4)n3C3CCCC3)cc(=O)n2c1. The van der Waals surface area contributed by atoms with Gasteiger partial charge in [0.05, 0.1) is 5.69 Å². The summed E-state index contributed by atoms with van der Waals surface area (Å²) in [5.74, 6) is 1.50. The van der Waals surface area contributed by atoms with Gasteiger partial charge in [-0.15, -0.1) is 10.2 Å². The minimum Gasteiger partial charge on any atom is -0.299 e. The van der Waals surface area contributed by atoms with Crippen LogP contribution in [0.15, 0.2) is 58.6 Å². The maximum atomic E-state index is 12.6. The first-order valence-electron chi connectivity index (χ1n) is 12.0. The van der Waals surface area contributed by atoms with Gasteiger partial charge < -0.3 is 0 Å². The van der Waals surface area contributed by atoms with Crippen LogP contribution in [-0.2, 0) is 11.2 Å². The van der Waals surface area contributed by atoms with Crippen molar-refractivity contribution < 1.29 is 0 Å². The third kappa shape index (κ3) is 4.53. The Balaban J connectivity index is 1.45. The zero-order valence-corrected chi connectivity index (χ0v) is 21.1. The average molecular weight is 474 g/mol. The van der Waals surface area contributed by atoms with Crippen molar-refractivity contribution in [3.63, 3.8) is 0 Å². The third-order valence-corrected chi connectivity index (χ3v) is 7.55. The van der Waals surface area contributed by atoms with Crippen LogP contribution in [0.25, 0.3) is 17.0 Å². The number of thioether (sulfide) groups is 1. The summed E-state index contributed by atoms with van der Waals surface area (Å²) in [5, 5.41) is 10.1. The summed E-state index contributed by atoms with van der Waals surface area (Å²) in [6, 6.07) is 14.6. The van der Waals surface area contributed by atoms with Crippen molar-refractivity contribution in [2.75, 3.05) is 0 Å². The van der Waals surface area contributed by atoms with E-state index in [-0.39, 0.29) is 11.0 Å². The third-order valence-electron chi connectivity index (χ3n) is 6.57. The second kappa shape index (κ2) is 9.02. The predicted molar refractivity (Wildman–Crippen MR) is 137 cm³/mol. The van der Waals surface area contributed by atoms with Crippen molar-refractivity contribution in [2.45, 2.75) is 75.7 Å². The van der Waals surface area contributed by atoms with E-state index in [1.54, 1.807) is 22.2 Å². The number of hydrogen-bond donors (Lipinski definition) is 0. The fraction of sp³-hybridized carbons (Fsp3) is 0.407. The number of aromatic nitrogens is 5. The molecular formula is C27H31N5OS. The first-order valence-corrected chi connectivity index (χ1v) is 13.0. The van der Waals surface area contributed by atoms with Crippen LogP contribution in [-0.4, -0.2) is 24.1 Å². The largest absolute Gasteiger partial charge is 0.299 e. The maximum Gasteiger partial charge on any atom is 0.258 e. The number of nitrogens with zero attached hydrogens (tertiary/aromatic N) is 5. The molecule has 176 valence electrons. The monoisotopic (exact) mass is 473 g/mol. The van der Waals surface area contributed by atoms with E-state index in [2.05, 4.69) is 59.8 Å². The van der Waals surface area contributed by atoms with Gasteiger partial charge in [-0.2, -0.15) is 0 Å². The fourth-order valence-corrected chi connectivity index (χ4v) is 5.55. The molecule has 0 amide bonds. The molecule has 0 bridgehead atoms. The molecule has 1 aliphatic carbocycles. The van der Waals surface area contributed by atoms with Gasteiger partial charge in [-0.05, 0) is 42.4 Å². The summed E-state index contributed by atoms with van der Waals surface area (Å²) in [6.45, 7) is 8.66. The molecule has 1 aromatic carbocycles. The van der Waals surface area contributed by atoms with E-state index in [1.807, 2.05) is 25.3 Å². The smallest absolute Gasteiger partial charge is 0.258 e. The van der Waals surface area contributed by atoms with Crippen molar-refractivity contribution in [3.05, 3.63) is 75.8 Å². The number of hydrogen-bond acceptors (Lipinski definition) is 5. The van der Waals surface area contributed by atoms with Crippen LogP contribution in [0.4, 0.5) is 0 Å². The minimum absolute atomic E-state index is 0.0545. The van der Waals surface area contributed by atoms with E-state index < -0.39 is 0 Å². The van der Waals surface area contributed by atoms with Crippen LogP contribution >= 0.6 is 11.8 Å². The molecule has 0 spiro atoms. The lowest BCUT2D eigenvalue weighted by Gasteiger charge is -2.20. The Hall–Kier alpha value is -2.93. The van der Waals surface area contributed by atoms with Gasteiger partial charge >= 0.3 is 0 Å². The molecule has 1 saturated carbocycles. The minimum atomic E-state index is -0.0545. The highest BCUT2D eigenvalue weighted by molar-refractivity contribution is 7.98. The molecule has 4 aromatic rings. The van der Waals surface area contributed by atoms with Gasteiger partial charge in [0.1, 0.15) is 5.65 Å². The summed E-state index contributed by atoms with van der Waals surface area (Å²) in [5.41, 5.74) is 4.93. The molecule has 0 saturated heterocycles. The van der Waals surface area contributed by atoms with Gasteiger partial charge in [0, 0.05) is 29.6 Å². The predicted octanol–water partition coefficient (Wildman–Crippen LogP) is 5.97. The van der Waals surface area contributed by atoms with Gasteiger partial charge in [0.2, 0.25) is 0 Å². The van der Waals surface area contributed by atoms with Gasteiger partial charge in [-0.3, -0.25) is 13.8 Å². The summed E-state index contributed by atoms with van der Waals surface area (Å²) in [4.78, 5) is 17.3. The van der Waals surface area contributed by atoms with E-state index in [9.17, 15) is 4.79 Å². The summed E-state index contributed by atoms with van der Waals surface area (Å²) >= 11 is 1.61. The fourth-order valence-electron chi connectivity index (χ4n) is 4.65. The van der Waals surface area contributed by atoms with Crippen LogP contribution in [0.1, 0.15) is 69.3 Å². The van der Waals surface area contributed by atoms with Crippen molar-refractivity contribution >= 4 is 17.4 Å². The zero-order valence-electron chi connectivity index (χ0n) is 20.3. The molecule has 1 aliphatic rings. The Labute approximate surface area is 204 Å². The second-order valence-corrected chi connectivity index (χ2v) is 11.2. The van der Waals surface area contributed by atoms with Gasteiger partial charge in [0.15, 0.2) is 11.0 Å². The quantitative estimate of drug-likeness (QED) is 0.334. The maximum absolute atomic E-state index is 12.6. The highest BCUT2D eigenvalue weighted by Crippen LogP contribution is 2.37. The summed E-state index contributed by atoms with van der Waals surface area (Å²) < 4.78 is 3.92. The molecule has 7 heteroatoms. The van der Waals surface area contributed by atoms with Crippen molar-refractivity contribution in [2.24, 2.45) is 0 Å². The molecular weight excluding hydrogens is 442 g/mol. The summed E-state index contributed by atoms with van der Waals surface area (Å²) in [6.07, 6.45) is 6.59. The van der Waals surface area contributed by atoms with Crippen molar-refractivity contribution in [1.82, 2.24) is 24.1 Å². The standard InChI is InChI=1S/C27H31N5OS/c1-18-9-14-23-28-21(15-24(33)31(23)16-18)17-34-26-30-29-25(32(26)22-7-5-6-8-22)19-10-12-20(13-11-19)27(2,3)4/h9-16,22H,5-8,17H2,1-4H3. The van der Waals surface area contributed by atoms with E-state index in [4.69, 9.17) is 4.98 Å². The van der Waals surface area contributed by atoms with Crippen LogP contribution in [0.3, 0.4) is 0 Å². The highest BCUT2D eigenvalue weighted by atomic mass is 32.2. The molecule has 0 aliphatic heterocycles. The number of pyridine rings is 1. The molecule has 3 heterocycles. The van der Waals surface area contributed by atoms with E-state index >= 15 is 0 Å². The van der Waals surface area contributed by atoms with Crippen molar-refractivity contribution in [3.8, 4) is 11.4 Å². The van der Waals surface area contributed by atoms with E-state index in [0.717, 1.165) is 40.6 Å². The lowest BCUT2D eigenvalue weighted by Crippen LogP contribution is -2.15. The number of fused-ring (bicyclic) bond motifs is 1. The van der Waals surface area contributed by atoms with Gasteiger partial charge in [-0.25, -0.2) is 4.98 Å². The Bertz CT molecular complexity index is 1380. The first-order chi connectivity index (χ1) is 16.3. The molecule has 34 heavy (non-hydrogen) atoms. The Morgan fingerprint density at radius 3 is 2.47 bits per heavy atom. The molecule has 0 radical (unpaired) electrons. The highest BCUT2D eigenvalue weighted by Gasteiger charge is 2.25. The van der Waals surface area contributed by atoms with E-state index in [1.165, 1.54) is 18.4 Å². The molecule has 1 fully saturated rings. The molecule has 5 rings (SSSR count). The normalized spacial score (nSPS) is 14.8. The zero-order chi connectivity index (χ0) is 23.9. The van der Waals surface area contributed by atoms with Gasteiger partial charge in [-0.1, -0.05) is 75.7 Å². The molecule has 0 N–H and O–H groups in total. The molecule has 3 aromatic heterocycles. The topological polar surface area (TPSA) is 65.1 Å². The van der Waals surface area contributed by atoms with Crippen LogP contribution in [0, 0.1) is 6.92 Å². The number of rotatable bonds is 5. The van der Waals surface area contributed by atoms with Crippen molar-refractivity contribution in [1.29, 1.82) is 0 Å². The Morgan fingerprint density at radius 2 is 1.76 bits per heavy atom. The molecule has 6 nitrogen and oxygen atoms in total. The van der Waals surface area contributed by atoms with Crippen LogP contribution in [0.2, 0.25) is 0 Å². The number of aryl methyl sites for hydroxylation is 1. The molecule has 0 atom stereocenters. The lowest BCUT2D eigenvalue weighted by atomic mass is 9.86. The van der Waals surface area contributed by atoms with Gasteiger partial charge in [0.25, 0.3) is 5.56 Å². The van der Waals surface area contributed by atoms with Crippen LogP contribution < -0.4 is 5.56 Å². The first kappa shape index (κ1) is 22.8. The lowest BCUT2D eigenvalue weighted by molar-refractivity contribution is 0.485. The summed E-state index contributed by atoms with van der Waals surface area (Å²) in [7, 11) is 0. The van der Waals surface area contributed by atoms with Crippen LogP contribution in [0.5, 0.6) is 0 Å². The second-order valence-electron chi connectivity index (χ2n) is 10.3. The Kier molecular flexibility index (Phi) is 6.06. The molecule has 0 unspecified atom stereocenters. The average Bonchev–Trinajstić information content (AvgIpc) is 3.47.